The molecule has 1 saturated carbocycles. The van der Waals surface area contributed by atoms with Gasteiger partial charge in [-0.25, -0.2) is 0 Å². The standard InChI is InChI=1S/C33H48N4O4.ClH/c1-33(2,3)32(41)37(31(40)28-14-9-17-35-28)29(19-24-15-16-25-12-7-8-13-26(25)18-24)30(39)36-22-27(38)21-34-20-23-10-5-4-6-11-23;/h7-8,12-13,15-16,18,23,27-29,34-35,38H,4-6,9-11,14,17,19-22H2,1-3H3,(H,36,39);1H/t27?,28-,29+;/m0./s1. The molecule has 4 N–H and O–H groups in total. The van der Waals surface area contributed by atoms with Crippen molar-refractivity contribution in [2.75, 3.05) is 26.2 Å². The van der Waals surface area contributed by atoms with Crippen molar-refractivity contribution in [1.29, 1.82) is 0 Å². The summed E-state index contributed by atoms with van der Waals surface area (Å²) in [5, 5.41) is 22.2. The van der Waals surface area contributed by atoms with Crippen LogP contribution in [0.15, 0.2) is 42.5 Å². The van der Waals surface area contributed by atoms with Crippen LogP contribution in [0, 0.1) is 11.3 Å². The number of carbonyl (C=O) groups is 3. The first-order valence-electron chi connectivity index (χ1n) is 15.4. The van der Waals surface area contributed by atoms with Gasteiger partial charge in [-0.15, -0.1) is 12.4 Å². The summed E-state index contributed by atoms with van der Waals surface area (Å²) in [5.74, 6) is -0.539. The number of amides is 3. The molecule has 42 heavy (non-hydrogen) atoms. The van der Waals surface area contributed by atoms with Gasteiger partial charge in [0.2, 0.25) is 17.7 Å². The number of hydrogen-bond donors (Lipinski definition) is 4. The predicted molar refractivity (Wildman–Crippen MR) is 169 cm³/mol. The van der Waals surface area contributed by atoms with Gasteiger partial charge in [-0.2, -0.15) is 0 Å². The van der Waals surface area contributed by atoms with E-state index in [2.05, 4.69) is 16.0 Å². The SMILES string of the molecule is CC(C)(C)C(=O)N(C(=O)[C@@H]1CCCN1)[C@H](Cc1ccc2ccccc2c1)C(=O)NCC(O)CNCC1CCCCC1.Cl. The van der Waals surface area contributed by atoms with Crippen LogP contribution in [0.3, 0.4) is 0 Å². The molecule has 0 spiro atoms. The molecule has 2 aromatic rings. The fourth-order valence-corrected chi connectivity index (χ4v) is 5.96. The highest BCUT2D eigenvalue weighted by atomic mass is 35.5. The van der Waals surface area contributed by atoms with Gasteiger partial charge in [0.25, 0.3) is 0 Å². The third-order valence-electron chi connectivity index (χ3n) is 8.36. The summed E-state index contributed by atoms with van der Waals surface area (Å²) in [4.78, 5) is 42.6. The van der Waals surface area contributed by atoms with Gasteiger partial charge in [0.15, 0.2) is 0 Å². The van der Waals surface area contributed by atoms with Gasteiger partial charge in [-0.3, -0.25) is 19.3 Å². The largest absolute Gasteiger partial charge is 0.390 e. The molecule has 0 aromatic heterocycles. The van der Waals surface area contributed by atoms with Gasteiger partial charge in [-0.1, -0.05) is 82.5 Å². The summed E-state index contributed by atoms with van der Waals surface area (Å²) in [5.41, 5.74) is -0.00363. The number of imide groups is 1. The number of halogens is 1. The number of nitrogens with one attached hydrogen (secondary N) is 3. The number of hydrogen-bond acceptors (Lipinski definition) is 6. The van der Waals surface area contributed by atoms with Gasteiger partial charge in [-0.05, 0) is 61.0 Å². The molecule has 1 heterocycles. The Balaban J connectivity index is 0.00000484. The molecule has 1 unspecified atom stereocenters. The minimum absolute atomic E-state index is 0. The molecule has 0 bridgehead atoms. The highest BCUT2D eigenvalue weighted by Crippen LogP contribution is 2.25. The summed E-state index contributed by atoms with van der Waals surface area (Å²) in [6.07, 6.45) is 7.16. The molecule has 1 aliphatic carbocycles. The topological polar surface area (TPSA) is 111 Å². The Kier molecular flexibility index (Phi) is 12.8. The van der Waals surface area contributed by atoms with E-state index in [1.54, 1.807) is 20.8 Å². The number of aliphatic hydroxyl groups is 1. The lowest BCUT2D eigenvalue weighted by molar-refractivity contribution is -0.157. The van der Waals surface area contributed by atoms with Crippen molar-refractivity contribution in [3.05, 3.63) is 48.0 Å². The van der Waals surface area contributed by atoms with E-state index < -0.39 is 29.5 Å². The van der Waals surface area contributed by atoms with Crippen LogP contribution in [0.5, 0.6) is 0 Å². The molecule has 1 saturated heterocycles. The first-order valence-corrected chi connectivity index (χ1v) is 15.4. The first kappa shape index (κ1) is 34.0. The van der Waals surface area contributed by atoms with Crippen molar-refractivity contribution < 1.29 is 19.5 Å². The van der Waals surface area contributed by atoms with Crippen molar-refractivity contribution in [1.82, 2.24) is 20.9 Å². The van der Waals surface area contributed by atoms with Crippen LogP contribution in [0.2, 0.25) is 0 Å². The Morgan fingerprint density at radius 2 is 1.69 bits per heavy atom. The van der Waals surface area contributed by atoms with Crippen molar-refractivity contribution in [2.24, 2.45) is 11.3 Å². The summed E-state index contributed by atoms with van der Waals surface area (Å²) in [6, 6.07) is 12.4. The van der Waals surface area contributed by atoms with E-state index in [1.807, 2.05) is 42.5 Å². The van der Waals surface area contributed by atoms with Crippen LogP contribution in [0.25, 0.3) is 10.8 Å². The van der Waals surface area contributed by atoms with Crippen molar-refractivity contribution in [3.8, 4) is 0 Å². The van der Waals surface area contributed by atoms with E-state index in [-0.39, 0.29) is 37.2 Å². The minimum Gasteiger partial charge on any atom is -0.390 e. The zero-order valence-corrected chi connectivity index (χ0v) is 26.2. The van der Waals surface area contributed by atoms with Crippen LogP contribution in [0.4, 0.5) is 0 Å². The van der Waals surface area contributed by atoms with E-state index in [9.17, 15) is 19.5 Å². The average molecular weight is 601 g/mol. The maximum Gasteiger partial charge on any atom is 0.247 e. The maximum atomic E-state index is 13.8. The van der Waals surface area contributed by atoms with Crippen molar-refractivity contribution in [2.45, 2.75) is 90.3 Å². The van der Waals surface area contributed by atoms with Crippen LogP contribution in [0.1, 0.15) is 71.3 Å². The molecule has 1 aliphatic heterocycles. The Morgan fingerprint density at radius 1 is 0.976 bits per heavy atom. The molecule has 2 aromatic carbocycles. The number of rotatable bonds is 11. The highest BCUT2D eigenvalue weighted by molar-refractivity contribution is 6.04. The third-order valence-corrected chi connectivity index (χ3v) is 8.36. The summed E-state index contributed by atoms with van der Waals surface area (Å²) in [7, 11) is 0. The Hall–Kier alpha value is -2.52. The molecule has 2 fully saturated rings. The smallest absolute Gasteiger partial charge is 0.247 e. The summed E-state index contributed by atoms with van der Waals surface area (Å²) in [6.45, 7) is 7.29. The second kappa shape index (κ2) is 15.8. The second-order valence-electron chi connectivity index (χ2n) is 12.9. The molecule has 9 heteroatoms. The fraction of sp³-hybridized carbons (Fsp3) is 0.606. The molecule has 3 atom stereocenters. The number of benzene rings is 2. The quantitative estimate of drug-likeness (QED) is 0.311. The van der Waals surface area contributed by atoms with E-state index in [4.69, 9.17) is 0 Å². The van der Waals surface area contributed by atoms with Crippen LogP contribution < -0.4 is 16.0 Å². The van der Waals surface area contributed by atoms with Gasteiger partial charge >= 0.3 is 0 Å². The lowest BCUT2D eigenvalue weighted by atomic mass is 9.89. The molecule has 2 aliphatic rings. The number of carbonyl (C=O) groups excluding carboxylic acids is 3. The maximum absolute atomic E-state index is 13.8. The van der Waals surface area contributed by atoms with Gasteiger partial charge in [0.1, 0.15) is 6.04 Å². The van der Waals surface area contributed by atoms with Gasteiger partial charge in [0, 0.05) is 24.9 Å². The van der Waals surface area contributed by atoms with E-state index in [0.717, 1.165) is 29.3 Å². The fourth-order valence-electron chi connectivity index (χ4n) is 5.96. The molecular weight excluding hydrogens is 552 g/mol. The normalized spacial score (nSPS) is 19.1. The zero-order valence-electron chi connectivity index (χ0n) is 25.4. The van der Waals surface area contributed by atoms with E-state index >= 15 is 0 Å². The summed E-state index contributed by atoms with van der Waals surface area (Å²) < 4.78 is 0. The number of nitrogens with zero attached hydrogens (tertiary/aromatic N) is 1. The van der Waals surface area contributed by atoms with Gasteiger partial charge < -0.3 is 21.1 Å². The van der Waals surface area contributed by atoms with Crippen LogP contribution in [-0.4, -0.2) is 72.1 Å². The monoisotopic (exact) mass is 600 g/mol. The van der Waals surface area contributed by atoms with Crippen molar-refractivity contribution in [3.63, 3.8) is 0 Å². The molecule has 3 amide bonds. The Bertz CT molecular complexity index is 1190. The van der Waals surface area contributed by atoms with Crippen molar-refractivity contribution >= 4 is 40.9 Å². The Morgan fingerprint density at radius 3 is 2.36 bits per heavy atom. The number of fused-ring (bicyclic) bond motifs is 1. The molecule has 4 rings (SSSR count). The van der Waals surface area contributed by atoms with Gasteiger partial charge in [0.05, 0.1) is 12.1 Å². The molecule has 232 valence electrons. The lowest BCUT2D eigenvalue weighted by Gasteiger charge is -2.35. The second-order valence-corrected chi connectivity index (χ2v) is 12.9. The molecule has 0 radical (unpaired) electrons. The van der Waals surface area contributed by atoms with Crippen LogP contribution >= 0.6 is 12.4 Å². The first-order chi connectivity index (χ1) is 19.6. The molecular formula is C33H49ClN4O4. The highest BCUT2D eigenvalue weighted by Gasteiger charge is 2.42. The third kappa shape index (κ3) is 9.24. The summed E-state index contributed by atoms with van der Waals surface area (Å²) >= 11 is 0. The molecule has 8 nitrogen and oxygen atoms in total. The zero-order chi connectivity index (χ0) is 29.4. The average Bonchev–Trinajstić information content (AvgIpc) is 3.51. The van der Waals surface area contributed by atoms with Crippen LogP contribution in [-0.2, 0) is 20.8 Å². The Labute approximate surface area is 256 Å². The van der Waals surface area contributed by atoms with E-state index in [0.29, 0.717) is 25.4 Å². The minimum atomic E-state index is -1.04. The predicted octanol–water partition coefficient (Wildman–Crippen LogP) is 3.97. The number of aliphatic hydroxyl groups excluding tert-OH is 1. The van der Waals surface area contributed by atoms with E-state index in [1.165, 1.54) is 37.0 Å². The lowest BCUT2D eigenvalue weighted by Crippen LogP contribution is -2.60.